The minimum atomic E-state index is -0.438. The largest absolute Gasteiger partial charge is 0.391 e. The van der Waals surface area contributed by atoms with Crippen molar-refractivity contribution in [3.05, 3.63) is 0 Å². The van der Waals surface area contributed by atoms with Gasteiger partial charge in [0.25, 0.3) is 0 Å². The quantitative estimate of drug-likeness (QED) is 0.799. The average Bonchev–Trinajstić information content (AvgIpc) is 2.41. The van der Waals surface area contributed by atoms with Gasteiger partial charge in [-0.1, -0.05) is 19.8 Å². The molecule has 94 valence electrons. The van der Waals surface area contributed by atoms with Gasteiger partial charge in [-0.2, -0.15) is 0 Å². The highest BCUT2D eigenvalue weighted by atomic mass is 16.3. The van der Waals surface area contributed by atoms with Crippen molar-refractivity contribution in [3.63, 3.8) is 0 Å². The van der Waals surface area contributed by atoms with Crippen LogP contribution in [0.3, 0.4) is 0 Å². The Morgan fingerprint density at radius 2 is 2.12 bits per heavy atom. The van der Waals surface area contributed by atoms with E-state index in [1.807, 2.05) is 11.8 Å². The van der Waals surface area contributed by atoms with E-state index in [-0.39, 0.29) is 11.9 Å². The molecule has 0 radical (unpaired) electrons. The maximum absolute atomic E-state index is 11.9. The van der Waals surface area contributed by atoms with Crippen molar-refractivity contribution in [1.29, 1.82) is 0 Å². The lowest BCUT2D eigenvalue weighted by Crippen LogP contribution is -2.44. The van der Waals surface area contributed by atoms with Gasteiger partial charge in [0.15, 0.2) is 0 Å². The summed E-state index contributed by atoms with van der Waals surface area (Å²) in [5.41, 5.74) is 0. The predicted octanol–water partition coefficient (Wildman–Crippen LogP) is 2.18. The Hall–Kier alpha value is -0.570. The molecule has 3 atom stereocenters. The lowest BCUT2D eigenvalue weighted by molar-refractivity contribution is -0.134. The molecule has 16 heavy (non-hydrogen) atoms. The van der Waals surface area contributed by atoms with E-state index in [2.05, 4.69) is 6.92 Å². The van der Waals surface area contributed by atoms with Crippen LogP contribution >= 0.6 is 0 Å². The summed E-state index contributed by atoms with van der Waals surface area (Å²) in [6, 6.07) is -0.0483. The van der Waals surface area contributed by atoms with Crippen LogP contribution in [0.5, 0.6) is 0 Å². The number of carbonyl (C=O) groups is 1. The second-order valence-corrected chi connectivity index (χ2v) is 5.05. The van der Waals surface area contributed by atoms with Gasteiger partial charge in [-0.25, -0.2) is 0 Å². The van der Waals surface area contributed by atoms with E-state index in [0.717, 1.165) is 19.4 Å². The molecule has 1 heterocycles. The summed E-state index contributed by atoms with van der Waals surface area (Å²) in [6.07, 6.45) is 4.76. The molecular formula is C13H25NO2. The summed E-state index contributed by atoms with van der Waals surface area (Å²) >= 11 is 0. The highest BCUT2D eigenvalue weighted by molar-refractivity contribution is 5.76. The number of rotatable bonds is 4. The standard InChI is InChI=1S/C13H25NO2/c1-4-5-12-6-7-13(16)14(9-8-12)10(2)11(3)15/h10-12,15H,4-9H2,1-3H3. The second-order valence-electron chi connectivity index (χ2n) is 5.05. The first-order chi connectivity index (χ1) is 7.56. The van der Waals surface area contributed by atoms with E-state index in [9.17, 15) is 9.90 Å². The topological polar surface area (TPSA) is 40.5 Å². The highest BCUT2D eigenvalue weighted by Gasteiger charge is 2.27. The van der Waals surface area contributed by atoms with Gasteiger partial charge in [0.1, 0.15) is 0 Å². The lowest BCUT2D eigenvalue weighted by atomic mass is 9.96. The van der Waals surface area contributed by atoms with Crippen LogP contribution in [0, 0.1) is 5.92 Å². The molecule has 1 saturated heterocycles. The molecule has 3 nitrogen and oxygen atoms in total. The zero-order valence-corrected chi connectivity index (χ0v) is 10.8. The third-order valence-corrected chi connectivity index (χ3v) is 3.75. The molecule has 0 bridgehead atoms. The molecule has 0 spiro atoms. The maximum atomic E-state index is 11.9. The average molecular weight is 227 g/mol. The third kappa shape index (κ3) is 3.48. The number of hydrogen-bond acceptors (Lipinski definition) is 2. The molecule has 1 rings (SSSR count). The summed E-state index contributed by atoms with van der Waals surface area (Å²) in [6.45, 7) is 6.70. The van der Waals surface area contributed by atoms with Crippen LogP contribution < -0.4 is 0 Å². The number of carbonyl (C=O) groups excluding carboxylic acids is 1. The Morgan fingerprint density at radius 3 is 2.69 bits per heavy atom. The molecule has 0 saturated carbocycles. The minimum absolute atomic E-state index is 0.0483. The molecule has 1 fully saturated rings. The van der Waals surface area contributed by atoms with Gasteiger partial charge >= 0.3 is 0 Å². The van der Waals surface area contributed by atoms with Crippen LogP contribution in [0.15, 0.2) is 0 Å². The SMILES string of the molecule is CCCC1CCC(=O)N(C(C)C(C)O)CC1. The third-order valence-electron chi connectivity index (χ3n) is 3.75. The van der Waals surface area contributed by atoms with Crippen molar-refractivity contribution < 1.29 is 9.90 Å². The van der Waals surface area contributed by atoms with Crippen molar-refractivity contribution >= 4 is 5.91 Å². The van der Waals surface area contributed by atoms with E-state index in [0.29, 0.717) is 12.3 Å². The molecule has 0 aromatic rings. The molecule has 0 aliphatic carbocycles. The molecular weight excluding hydrogens is 202 g/mol. The van der Waals surface area contributed by atoms with Crippen molar-refractivity contribution in [1.82, 2.24) is 4.90 Å². The summed E-state index contributed by atoms with van der Waals surface area (Å²) in [5.74, 6) is 0.909. The van der Waals surface area contributed by atoms with Crippen molar-refractivity contribution in [3.8, 4) is 0 Å². The lowest BCUT2D eigenvalue weighted by Gasteiger charge is -2.30. The fourth-order valence-electron chi connectivity index (χ4n) is 2.45. The summed E-state index contributed by atoms with van der Waals surface area (Å²) in [4.78, 5) is 13.8. The maximum Gasteiger partial charge on any atom is 0.222 e. The van der Waals surface area contributed by atoms with E-state index in [4.69, 9.17) is 0 Å². The van der Waals surface area contributed by atoms with E-state index < -0.39 is 6.10 Å². The molecule has 3 unspecified atom stereocenters. The van der Waals surface area contributed by atoms with Crippen LogP contribution in [-0.2, 0) is 4.79 Å². The monoisotopic (exact) mass is 227 g/mol. The number of likely N-dealkylation sites (tertiary alicyclic amines) is 1. The van der Waals surface area contributed by atoms with Gasteiger partial charge in [-0.05, 0) is 32.6 Å². The van der Waals surface area contributed by atoms with Crippen LogP contribution in [0.25, 0.3) is 0 Å². The molecule has 0 aromatic heterocycles. The second kappa shape index (κ2) is 6.24. The van der Waals surface area contributed by atoms with E-state index in [1.54, 1.807) is 6.92 Å². The fourth-order valence-corrected chi connectivity index (χ4v) is 2.45. The summed E-state index contributed by atoms with van der Waals surface area (Å²) < 4.78 is 0. The molecule has 0 aromatic carbocycles. The number of aliphatic hydroxyl groups is 1. The van der Waals surface area contributed by atoms with Gasteiger partial charge in [-0.15, -0.1) is 0 Å². The van der Waals surface area contributed by atoms with Crippen molar-refractivity contribution in [2.45, 2.75) is 65.0 Å². The van der Waals surface area contributed by atoms with Gasteiger partial charge in [-0.3, -0.25) is 4.79 Å². The Morgan fingerprint density at radius 1 is 1.44 bits per heavy atom. The molecule has 1 amide bonds. The predicted molar refractivity (Wildman–Crippen MR) is 65.1 cm³/mol. The first kappa shape index (κ1) is 13.5. The molecule has 3 heteroatoms. The number of aliphatic hydroxyl groups excluding tert-OH is 1. The van der Waals surface area contributed by atoms with Gasteiger partial charge < -0.3 is 10.0 Å². The van der Waals surface area contributed by atoms with Gasteiger partial charge in [0.05, 0.1) is 12.1 Å². The Kier molecular flexibility index (Phi) is 5.26. The van der Waals surface area contributed by atoms with Crippen molar-refractivity contribution in [2.24, 2.45) is 5.92 Å². The minimum Gasteiger partial charge on any atom is -0.391 e. The summed E-state index contributed by atoms with van der Waals surface area (Å²) in [5, 5.41) is 9.56. The first-order valence-electron chi connectivity index (χ1n) is 6.53. The van der Waals surface area contributed by atoms with E-state index >= 15 is 0 Å². The number of amides is 1. The summed E-state index contributed by atoms with van der Waals surface area (Å²) in [7, 11) is 0. The molecule has 1 aliphatic heterocycles. The highest BCUT2D eigenvalue weighted by Crippen LogP contribution is 2.24. The fraction of sp³-hybridized carbons (Fsp3) is 0.923. The zero-order chi connectivity index (χ0) is 12.1. The van der Waals surface area contributed by atoms with Gasteiger partial charge in [0, 0.05) is 13.0 Å². The Bertz CT molecular complexity index is 228. The molecule has 1 N–H and O–H groups in total. The van der Waals surface area contributed by atoms with Crippen LogP contribution in [0.4, 0.5) is 0 Å². The van der Waals surface area contributed by atoms with Crippen LogP contribution in [0.1, 0.15) is 52.9 Å². The Balaban J connectivity index is 2.57. The number of hydrogen-bond donors (Lipinski definition) is 1. The Labute approximate surface area is 98.8 Å². The van der Waals surface area contributed by atoms with Crippen molar-refractivity contribution in [2.75, 3.05) is 6.54 Å². The zero-order valence-electron chi connectivity index (χ0n) is 10.8. The molecule has 1 aliphatic rings. The van der Waals surface area contributed by atoms with Gasteiger partial charge in [0.2, 0.25) is 5.91 Å². The smallest absolute Gasteiger partial charge is 0.222 e. The number of nitrogens with zero attached hydrogens (tertiary/aromatic N) is 1. The van der Waals surface area contributed by atoms with E-state index in [1.165, 1.54) is 12.8 Å². The van der Waals surface area contributed by atoms with Crippen LogP contribution in [0.2, 0.25) is 0 Å². The van der Waals surface area contributed by atoms with Crippen LogP contribution in [-0.4, -0.2) is 34.6 Å². The normalized spacial score (nSPS) is 26.4. The first-order valence-corrected chi connectivity index (χ1v) is 6.53.